The summed E-state index contributed by atoms with van der Waals surface area (Å²) in [7, 11) is 0. The molecule has 4 heteroatoms. The van der Waals surface area contributed by atoms with Crippen LogP contribution in [0.1, 0.15) is 70.1 Å². The maximum Gasteiger partial charge on any atom is 0.113 e. The van der Waals surface area contributed by atoms with Gasteiger partial charge in [0.05, 0.1) is 23.9 Å². The maximum absolute atomic E-state index is 6.11. The molecule has 1 aliphatic heterocycles. The summed E-state index contributed by atoms with van der Waals surface area (Å²) < 4.78 is 6.11. The highest BCUT2D eigenvalue weighted by atomic mass is 32.1. The van der Waals surface area contributed by atoms with Crippen LogP contribution in [0.4, 0.5) is 0 Å². The van der Waals surface area contributed by atoms with Gasteiger partial charge in [-0.15, -0.1) is 11.3 Å². The molecule has 2 heterocycles. The Balaban J connectivity index is 1.79. The molecule has 0 aromatic carbocycles. The van der Waals surface area contributed by atoms with Crippen molar-refractivity contribution >= 4 is 11.3 Å². The minimum atomic E-state index is 0.128. The summed E-state index contributed by atoms with van der Waals surface area (Å²) in [5.41, 5.74) is 1.33. The van der Waals surface area contributed by atoms with Crippen LogP contribution < -0.4 is 5.32 Å². The van der Waals surface area contributed by atoms with Crippen LogP contribution in [0.3, 0.4) is 0 Å². The van der Waals surface area contributed by atoms with E-state index in [4.69, 9.17) is 9.72 Å². The first-order valence-corrected chi connectivity index (χ1v) is 8.69. The predicted molar refractivity (Wildman–Crippen MR) is 83.3 cm³/mol. The van der Waals surface area contributed by atoms with Crippen LogP contribution >= 0.6 is 11.3 Å². The zero-order valence-electron chi connectivity index (χ0n) is 13.0. The first-order valence-electron chi connectivity index (χ1n) is 7.81. The number of ether oxygens (including phenoxy) is 1. The van der Waals surface area contributed by atoms with Crippen molar-refractivity contribution in [1.82, 2.24) is 10.3 Å². The van der Waals surface area contributed by atoms with Crippen LogP contribution in [0, 0.1) is 0 Å². The van der Waals surface area contributed by atoms with E-state index in [-0.39, 0.29) is 11.5 Å². The van der Waals surface area contributed by atoms with E-state index in [1.165, 1.54) is 30.0 Å². The van der Waals surface area contributed by atoms with Crippen molar-refractivity contribution in [2.75, 3.05) is 0 Å². The van der Waals surface area contributed by atoms with Gasteiger partial charge in [-0.1, -0.05) is 20.8 Å². The van der Waals surface area contributed by atoms with Crippen molar-refractivity contribution in [3.63, 3.8) is 0 Å². The Bertz CT molecular complexity index is 461. The molecule has 112 valence electrons. The number of hydrogen-bond donors (Lipinski definition) is 1. The number of rotatable bonds is 4. The molecule has 3 rings (SSSR count). The molecule has 0 amide bonds. The molecule has 2 fully saturated rings. The highest BCUT2D eigenvalue weighted by Gasteiger charge is 2.36. The second-order valence-corrected chi connectivity index (χ2v) is 8.19. The zero-order chi connectivity index (χ0) is 14.3. The van der Waals surface area contributed by atoms with E-state index in [2.05, 4.69) is 38.4 Å². The van der Waals surface area contributed by atoms with Gasteiger partial charge in [-0.2, -0.15) is 0 Å². The molecule has 3 nitrogen and oxygen atoms in total. The third-order valence-electron chi connectivity index (χ3n) is 4.19. The highest BCUT2D eigenvalue weighted by molar-refractivity contribution is 7.09. The third-order valence-corrected chi connectivity index (χ3v) is 5.11. The SMILES string of the molecule is CC1CCC(C(NC2CC2)c2nc(C(C)(C)C)cs2)O1. The van der Waals surface area contributed by atoms with Crippen molar-refractivity contribution in [1.29, 1.82) is 0 Å². The van der Waals surface area contributed by atoms with Gasteiger partial charge in [-0.3, -0.25) is 0 Å². The van der Waals surface area contributed by atoms with E-state index in [0.717, 1.165) is 6.42 Å². The molecule has 3 atom stereocenters. The lowest BCUT2D eigenvalue weighted by Gasteiger charge is -2.23. The summed E-state index contributed by atoms with van der Waals surface area (Å²) in [6, 6.07) is 0.968. The summed E-state index contributed by atoms with van der Waals surface area (Å²) in [4.78, 5) is 4.91. The molecule has 0 radical (unpaired) electrons. The molecule has 0 spiro atoms. The number of nitrogens with zero attached hydrogens (tertiary/aromatic N) is 1. The van der Waals surface area contributed by atoms with Crippen LogP contribution in [-0.2, 0) is 10.2 Å². The summed E-state index contributed by atoms with van der Waals surface area (Å²) >= 11 is 1.79. The molecule has 1 aromatic heterocycles. The Labute approximate surface area is 126 Å². The fourth-order valence-corrected chi connectivity index (χ4v) is 3.85. The van der Waals surface area contributed by atoms with Crippen molar-refractivity contribution < 1.29 is 4.74 Å². The van der Waals surface area contributed by atoms with Gasteiger partial charge < -0.3 is 10.1 Å². The monoisotopic (exact) mass is 294 g/mol. The first-order chi connectivity index (χ1) is 9.43. The molecular formula is C16H26N2OS. The Hall–Kier alpha value is -0.450. The number of aromatic nitrogens is 1. The van der Waals surface area contributed by atoms with Gasteiger partial charge in [-0.05, 0) is 32.6 Å². The molecule has 1 saturated heterocycles. The molecule has 1 aliphatic carbocycles. The summed E-state index contributed by atoms with van der Waals surface area (Å²) in [6.07, 6.45) is 5.61. The van der Waals surface area contributed by atoms with Crippen LogP contribution in [0.5, 0.6) is 0 Å². The second kappa shape index (κ2) is 5.39. The van der Waals surface area contributed by atoms with E-state index in [0.29, 0.717) is 18.2 Å². The van der Waals surface area contributed by atoms with Crippen molar-refractivity contribution in [3.05, 3.63) is 16.1 Å². The maximum atomic E-state index is 6.11. The van der Waals surface area contributed by atoms with Gasteiger partial charge in [0.15, 0.2) is 0 Å². The Kier molecular flexibility index (Phi) is 3.91. The fourth-order valence-electron chi connectivity index (χ4n) is 2.70. The summed E-state index contributed by atoms with van der Waals surface area (Å²) in [5, 5.41) is 7.18. The number of nitrogens with one attached hydrogen (secondary N) is 1. The van der Waals surface area contributed by atoms with Gasteiger partial charge in [0.25, 0.3) is 0 Å². The van der Waals surface area contributed by atoms with E-state index >= 15 is 0 Å². The Morgan fingerprint density at radius 3 is 2.55 bits per heavy atom. The van der Waals surface area contributed by atoms with Crippen LogP contribution in [0.25, 0.3) is 0 Å². The lowest BCUT2D eigenvalue weighted by molar-refractivity contribution is 0.0309. The van der Waals surface area contributed by atoms with Gasteiger partial charge in [-0.25, -0.2) is 4.98 Å². The standard InChI is InChI=1S/C16H26N2OS/c1-10-5-8-12(19-10)14(17-11-6-7-11)15-18-13(9-20-15)16(2,3)4/h9-12,14,17H,5-8H2,1-4H3. The number of hydrogen-bond acceptors (Lipinski definition) is 4. The lowest BCUT2D eigenvalue weighted by atomic mass is 9.93. The lowest BCUT2D eigenvalue weighted by Crippen LogP contribution is -2.33. The minimum Gasteiger partial charge on any atom is -0.373 e. The summed E-state index contributed by atoms with van der Waals surface area (Å²) in [5.74, 6) is 0. The molecule has 1 aromatic rings. The van der Waals surface area contributed by atoms with E-state index in [1.807, 2.05) is 0 Å². The van der Waals surface area contributed by atoms with Crippen LogP contribution in [0.2, 0.25) is 0 Å². The predicted octanol–water partition coefficient (Wildman–Crippen LogP) is 3.80. The average Bonchev–Trinajstić information content (AvgIpc) is 2.88. The smallest absolute Gasteiger partial charge is 0.113 e. The summed E-state index contributed by atoms with van der Waals surface area (Å²) in [6.45, 7) is 8.85. The molecule has 3 unspecified atom stereocenters. The minimum absolute atomic E-state index is 0.128. The Morgan fingerprint density at radius 2 is 2.05 bits per heavy atom. The van der Waals surface area contributed by atoms with Crippen molar-refractivity contribution in [2.24, 2.45) is 0 Å². The first kappa shape index (κ1) is 14.5. The van der Waals surface area contributed by atoms with Crippen LogP contribution in [0.15, 0.2) is 5.38 Å². The zero-order valence-corrected chi connectivity index (χ0v) is 13.8. The number of thiazole rings is 1. The van der Waals surface area contributed by atoms with E-state index < -0.39 is 0 Å². The van der Waals surface area contributed by atoms with Gasteiger partial charge in [0.1, 0.15) is 5.01 Å². The van der Waals surface area contributed by atoms with E-state index in [1.54, 1.807) is 11.3 Å². The molecular weight excluding hydrogens is 268 g/mol. The molecule has 0 bridgehead atoms. The second-order valence-electron chi connectivity index (χ2n) is 7.30. The molecule has 1 saturated carbocycles. The molecule has 2 aliphatic rings. The van der Waals surface area contributed by atoms with Gasteiger partial charge in [0.2, 0.25) is 0 Å². The van der Waals surface area contributed by atoms with Crippen molar-refractivity contribution in [2.45, 2.75) is 83.1 Å². The fraction of sp³-hybridized carbons (Fsp3) is 0.812. The molecule has 20 heavy (non-hydrogen) atoms. The van der Waals surface area contributed by atoms with Gasteiger partial charge >= 0.3 is 0 Å². The topological polar surface area (TPSA) is 34.2 Å². The largest absolute Gasteiger partial charge is 0.373 e. The Morgan fingerprint density at radius 1 is 1.30 bits per heavy atom. The average molecular weight is 294 g/mol. The van der Waals surface area contributed by atoms with Gasteiger partial charge in [0, 0.05) is 16.8 Å². The van der Waals surface area contributed by atoms with Crippen molar-refractivity contribution in [3.8, 4) is 0 Å². The third kappa shape index (κ3) is 3.23. The van der Waals surface area contributed by atoms with E-state index in [9.17, 15) is 0 Å². The highest BCUT2D eigenvalue weighted by Crippen LogP contribution is 2.36. The molecule has 1 N–H and O–H groups in total. The normalized spacial score (nSPS) is 28.8. The quantitative estimate of drug-likeness (QED) is 0.917. The van der Waals surface area contributed by atoms with Crippen LogP contribution in [-0.4, -0.2) is 23.2 Å².